The van der Waals surface area contributed by atoms with E-state index in [9.17, 15) is 4.79 Å². The average Bonchev–Trinajstić information content (AvgIpc) is 2.96. The van der Waals surface area contributed by atoms with Crippen molar-refractivity contribution in [1.82, 2.24) is 19.9 Å². The fourth-order valence-electron chi connectivity index (χ4n) is 2.26. The number of carbonyl (C=O) groups excluding carboxylic acids is 1. The standard InChI is InChI=1S/C12H14N4O2/c1-8-11(14-7-18-8)12(17)15-9-2-3-10-13-4-5-16(10)6-9/h4-5,7,9H,2-3,6H2,1H3,(H,15,17). The van der Waals surface area contributed by atoms with Crippen LogP contribution in [0.15, 0.2) is 23.2 Å². The quantitative estimate of drug-likeness (QED) is 0.855. The summed E-state index contributed by atoms with van der Waals surface area (Å²) in [6.45, 7) is 2.49. The van der Waals surface area contributed by atoms with Crippen LogP contribution in [-0.2, 0) is 13.0 Å². The van der Waals surface area contributed by atoms with Gasteiger partial charge >= 0.3 is 0 Å². The van der Waals surface area contributed by atoms with E-state index in [-0.39, 0.29) is 11.9 Å². The first kappa shape index (κ1) is 11.0. The lowest BCUT2D eigenvalue weighted by Gasteiger charge is -2.24. The Morgan fingerprint density at radius 3 is 3.22 bits per heavy atom. The van der Waals surface area contributed by atoms with E-state index < -0.39 is 0 Å². The zero-order valence-electron chi connectivity index (χ0n) is 10.1. The van der Waals surface area contributed by atoms with Gasteiger partial charge in [0.2, 0.25) is 0 Å². The molecule has 0 radical (unpaired) electrons. The summed E-state index contributed by atoms with van der Waals surface area (Å²) in [6, 6.07) is 0.121. The second-order valence-corrected chi connectivity index (χ2v) is 4.46. The number of hydrogen-bond acceptors (Lipinski definition) is 4. The van der Waals surface area contributed by atoms with Gasteiger partial charge < -0.3 is 14.3 Å². The summed E-state index contributed by atoms with van der Waals surface area (Å²) in [5.41, 5.74) is 0.367. The lowest BCUT2D eigenvalue weighted by atomic mass is 10.1. The van der Waals surface area contributed by atoms with Crippen molar-refractivity contribution in [2.24, 2.45) is 0 Å². The number of oxazole rings is 1. The summed E-state index contributed by atoms with van der Waals surface area (Å²) in [5, 5.41) is 2.98. The predicted molar refractivity (Wildman–Crippen MR) is 63.0 cm³/mol. The zero-order chi connectivity index (χ0) is 12.5. The maximum atomic E-state index is 12.0. The highest BCUT2D eigenvalue weighted by Crippen LogP contribution is 2.14. The molecule has 1 atom stereocenters. The number of nitrogens with zero attached hydrogens (tertiary/aromatic N) is 3. The molecule has 3 heterocycles. The molecule has 1 unspecified atom stereocenters. The monoisotopic (exact) mass is 246 g/mol. The third kappa shape index (κ3) is 1.90. The Labute approximate surface area is 104 Å². The largest absolute Gasteiger partial charge is 0.448 e. The van der Waals surface area contributed by atoms with Gasteiger partial charge in [0.15, 0.2) is 12.1 Å². The second kappa shape index (κ2) is 4.29. The molecule has 1 aliphatic rings. The maximum Gasteiger partial charge on any atom is 0.273 e. The molecule has 1 amide bonds. The molecule has 0 saturated heterocycles. The smallest absolute Gasteiger partial charge is 0.273 e. The Bertz CT molecular complexity index is 572. The summed E-state index contributed by atoms with van der Waals surface area (Å²) >= 11 is 0. The number of nitrogens with one attached hydrogen (secondary N) is 1. The summed E-state index contributed by atoms with van der Waals surface area (Å²) in [5.74, 6) is 1.46. The van der Waals surface area contributed by atoms with Crippen LogP contribution in [0.4, 0.5) is 0 Å². The van der Waals surface area contributed by atoms with Crippen molar-refractivity contribution in [3.05, 3.63) is 36.1 Å². The van der Waals surface area contributed by atoms with E-state index in [0.29, 0.717) is 11.5 Å². The molecular formula is C12H14N4O2. The molecule has 6 heteroatoms. The molecule has 1 N–H and O–H groups in total. The molecule has 3 rings (SSSR count). The van der Waals surface area contributed by atoms with Gasteiger partial charge in [-0.25, -0.2) is 9.97 Å². The van der Waals surface area contributed by atoms with Gasteiger partial charge in [-0.15, -0.1) is 0 Å². The second-order valence-electron chi connectivity index (χ2n) is 4.46. The van der Waals surface area contributed by atoms with Crippen LogP contribution in [0.5, 0.6) is 0 Å². The molecule has 0 spiro atoms. The molecule has 2 aromatic heterocycles. The minimum Gasteiger partial charge on any atom is -0.448 e. The van der Waals surface area contributed by atoms with Gasteiger partial charge in [-0.2, -0.15) is 0 Å². The average molecular weight is 246 g/mol. The Morgan fingerprint density at radius 1 is 1.56 bits per heavy atom. The van der Waals surface area contributed by atoms with Crippen molar-refractivity contribution in [2.75, 3.05) is 0 Å². The van der Waals surface area contributed by atoms with Crippen LogP contribution in [0.1, 0.15) is 28.5 Å². The molecule has 18 heavy (non-hydrogen) atoms. The van der Waals surface area contributed by atoms with E-state index in [2.05, 4.69) is 19.9 Å². The van der Waals surface area contributed by atoms with E-state index in [1.165, 1.54) is 6.39 Å². The number of hydrogen-bond donors (Lipinski definition) is 1. The topological polar surface area (TPSA) is 73.0 Å². The molecule has 0 bridgehead atoms. The fourth-order valence-corrected chi connectivity index (χ4v) is 2.26. The molecular weight excluding hydrogens is 232 g/mol. The molecule has 0 aliphatic carbocycles. The zero-order valence-corrected chi connectivity index (χ0v) is 10.1. The van der Waals surface area contributed by atoms with Gasteiger partial charge in [-0.3, -0.25) is 4.79 Å². The Balaban J connectivity index is 1.68. The van der Waals surface area contributed by atoms with Crippen LogP contribution >= 0.6 is 0 Å². The lowest BCUT2D eigenvalue weighted by molar-refractivity contribution is 0.0921. The van der Waals surface area contributed by atoms with E-state index >= 15 is 0 Å². The molecule has 0 saturated carbocycles. The molecule has 0 aromatic carbocycles. The highest BCUT2D eigenvalue weighted by Gasteiger charge is 2.22. The molecule has 0 fully saturated rings. The van der Waals surface area contributed by atoms with Crippen LogP contribution in [0.25, 0.3) is 0 Å². The van der Waals surface area contributed by atoms with Crippen molar-refractivity contribution in [3.63, 3.8) is 0 Å². The first-order chi connectivity index (χ1) is 8.74. The van der Waals surface area contributed by atoms with Gasteiger partial charge in [0.05, 0.1) is 0 Å². The van der Waals surface area contributed by atoms with Gasteiger partial charge in [0.25, 0.3) is 5.91 Å². The molecule has 1 aliphatic heterocycles. The number of aromatic nitrogens is 3. The Kier molecular flexibility index (Phi) is 2.62. The highest BCUT2D eigenvalue weighted by atomic mass is 16.3. The van der Waals surface area contributed by atoms with Crippen LogP contribution < -0.4 is 5.32 Å². The van der Waals surface area contributed by atoms with Gasteiger partial charge in [0.1, 0.15) is 11.6 Å². The van der Waals surface area contributed by atoms with E-state index in [0.717, 1.165) is 25.2 Å². The highest BCUT2D eigenvalue weighted by molar-refractivity contribution is 5.93. The summed E-state index contributed by atoms with van der Waals surface area (Å²) in [4.78, 5) is 20.2. The third-order valence-electron chi connectivity index (χ3n) is 3.23. The first-order valence-electron chi connectivity index (χ1n) is 5.95. The first-order valence-corrected chi connectivity index (χ1v) is 5.95. The minimum absolute atomic E-state index is 0.121. The number of carbonyl (C=O) groups is 1. The normalized spacial score (nSPS) is 18.4. The third-order valence-corrected chi connectivity index (χ3v) is 3.23. The molecule has 94 valence electrons. The number of imidazole rings is 1. The Hall–Kier alpha value is -2.11. The van der Waals surface area contributed by atoms with Crippen molar-refractivity contribution in [3.8, 4) is 0 Å². The van der Waals surface area contributed by atoms with Gasteiger partial charge in [-0.1, -0.05) is 0 Å². The summed E-state index contributed by atoms with van der Waals surface area (Å²) in [6.07, 6.45) is 6.81. The summed E-state index contributed by atoms with van der Waals surface area (Å²) < 4.78 is 7.11. The predicted octanol–water partition coefficient (Wildman–Crippen LogP) is 0.924. The summed E-state index contributed by atoms with van der Waals surface area (Å²) in [7, 11) is 0. The van der Waals surface area contributed by atoms with Crippen molar-refractivity contribution >= 4 is 5.91 Å². The number of aryl methyl sites for hydroxylation is 2. The van der Waals surface area contributed by atoms with E-state index in [1.54, 1.807) is 13.1 Å². The molecule has 6 nitrogen and oxygen atoms in total. The van der Waals surface area contributed by atoms with Crippen molar-refractivity contribution in [2.45, 2.75) is 32.4 Å². The van der Waals surface area contributed by atoms with Gasteiger partial charge in [-0.05, 0) is 13.3 Å². The molecule has 2 aromatic rings. The van der Waals surface area contributed by atoms with Crippen molar-refractivity contribution < 1.29 is 9.21 Å². The maximum absolute atomic E-state index is 12.0. The number of amides is 1. The van der Waals surface area contributed by atoms with Gasteiger partial charge in [0, 0.05) is 31.4 Å². The van der Waals surface area contributed by atoms with Crippen LogP contribution in [0, 0.1) is 6.92 Å². The number of fused-ring (bicyclic) bond motifs is 1. The van der Waals surface area contributed by atoms with E-state index in [1.807, 2.05) is 6.20 Å². The number of rotatable bonds is 2. The van der Waals surface area contributed by atoms with E-state index in [4.69, 9.17) is 4.42 Å². The Morgan fingerprint density at radius 2 is 2.44 bits per heavy atom. The van der Waals surface area contributed by atoms with Crippen LogP contribution in [-0.4, -0.2) is 26.5 Å². The SMILES string of the molecule is Cc1ocnc1C(=O)NC1CCc2nccn2C1. The lowest BCUT2D eigenvalue weighted by Crippen LogP contribution is -2.41. The fraction of sp³-hybridized carbons (Fsp3) is 0.417. The van der Waals surface area contributed by atoms with Crippen LogP contribution in [0.3, 0.4) is 0 Å². The van der Waals surface area contributed by atoms with Crippen LogP contribution in [0.2, 0.25) is 0 Å². The van der Waals surface area contributed by atoms with Crippen molar-refractivity contribution in [1.29, 1.82) is 0 Å². The minimum atomic E-state index is -0.171.